The van der Waals surface area contributed by atoms with Crippen molar-refractivity contribution in [1.29, 1.82) is 0 Å². The third-order valence-electron chi connectivity index (χ3n) is 6.42. The Labute approximate surface area is 174 Å². The SMILES string of the molecule is C[C@@H]1OCC2(CCN(c3cnc(-c4ccc5nccnc5c4Cl)cn3)CC2)[C@@H]1N. The third-order valence-corrected chi connectivity index (χ3v) is 6.81. The molecule has 2 atom stereocenters. The highest BCUT2D eigenvalue weighted by molar-refractivity contribution is 6.37. The van der Waals surface area contributed by atoms with E-state index >= 15 is 0 Å². The molecule has 2 aliphatic rings. The van der Waals surface area contributed by atoms with Crippen LogP contribution >= 0.6 is 11.6 Å². The molecule has 2 saturated heterocycles. The van der Waals surface area contributed by atoms with Gasteiger partial charge in [-0.1, -0.05) is 11.6 Å². The normalized spacial score (nSPS) is 23.8. The molecule has 2 fully saturated rings. The van der Waals surface area contributed by atoms with Gasteiger partial charge in [-0.3, -0.25) is 15.0 Å². The summed E-state index contributed by atoms with van der Waals surface area (Å²) >= 11 is 6.55. The molecule has 150 valence electrons. The van der Waals surface area contributed by atoms with Crippen LogP contribution in [0.25, 0.3) is 22.3 Å². The van der Waals surface area contributed by atoms with Gasteiger partial charge in [0.1, 0.15) is 11.3 Å². The molecule has 0 amide bonds. The highest BCUT2D eigenvalue weighted by Gasteiger charge is 2.47. The lowest BCUT2D eigenvalue weighted by Crippen LogP contribution is -2.50. The lowest BCUT2D eigenvalue weighted by Gasteiger charge is -2.41. The van der Waals surface area contributed by atoms with Crippen LogP contribution in [0.4, 0.5) is 5.82 Å². The molecular formula is C21H23ClN6O. The van der Waals surface area contributed by atoms with Crippen LogP contribution in [0.2, 0.25) is 5.02 Å². The van der Waals surface area contributed by atoms with Gasteiger partial charge >= 0.3 is 0 Å². The maximum Gasteiger partial charge on any atom is 0.147 e. The second kappa shape index (κ2) is 7.16. The van der Waals surface area contributed by atoms with E-state index in [4.69, 9.17) is 22.1 Å². The zero-order chi connectivity index (χ0) is 20.0. The van der Waals surface area contributed by atoms with E-state index in [9.17, 15) is 0 Å². The van der Waals surface area contributed by atoms with Gasteiger partial charge in [-0.25, -0.2) is 4.98 Å². The number of fused-ring (bicyclic) bond motifs is 1. The highest BCUT2D eigenvalue weighted by Crippen LogP contribution is 2.41. The summed E-state index contributed by atoms with van der Waals surface area (Å²) in [6, 6.07) is 3.92. The number of benzene rings is 1. The molecule has 4 heterocycles. The predicted octanol–water partition coefficient (Wildman–Crippen LogP) is 3.07. The van der Waals surface area contributed by atoms with Crippen molar-refractivity contribution < 1.29 is 4.74 Å². The summed E-state index contributed by atoms with van der Waals surface area (Å²) in [5, 5.41) is 0.543. The summed E-state index contributed by atoms with van der Waals surface area (Å²) in [5.41, 5.74) is 9.47. The highest BCUT2D eigenvalue weighted by atomic mass is 35.5. The Morgan fingerprint density at radius 3 is 2.59 bits per heavy atom. The summed E-state index contributed by atoms with van der Waals surface area (Å²) in [5.74, 6) is 0.876. The molecule has 0 unspecified atom stereocenters. The molecule has 0 bridgehead atoms. The minimum absolute atomic E-state index is 0.100. The maximum atomic E-state index is 6.55. The predicted molar refractivity (Wildman–Crippen MR) is 113 cm³/mol. The first-order valence-corrected chi connectivity index (χ1v) is 10.3. The molecule has 0 saturated carbocycles. The number of hydrogen-bond donors (Lipinski definition) is 1. The minimum Gasteiger partial charge on any atom is -0.376 e. The first-order valence-electron chi connectivity index (χ1n) is 9.91. The van der Waals surface area contributed by atoms with Gasteiger partial charge in [-0.15, -0.1) is 0 Å². The van der Waals surface area contributed by atoms with Gasteiger partial charge in [-0.05, 0) is 31.9 Å². The van der Waals surface area contributed by atoms with Gasteiger partial charge in [0.15, 0.2) is 0 Å². The van der Waals surface area contributed by atoms with E-state index in [0.29, 0.717) is 10.5 Å². The molecule has 8 heteroatoms. The molecule has 7 nitrogen and oxygen atoms in total. The first-order chi connectivity index (χ1) is 14.1. The molecule has 1 spiro atoms. The van der Waals surface area contributed by atoms with E-state index < -0.39 is 0 Å². The van der Waals surface area contributed by atoms with Crippen molar-refractivity contribution in [2.75, 3.05) is 24.6 Å². The lowest BCUT2D eigenvalue weighted by atomic mass is 9.73. The van der Waals surface area contributed by atoms with Crippen molar-refractivity contribution in [1.82, 2.24) is 19.9 Å². The Kier molecular flexibility index (Phi) is 4.61. The fourth-order valence-electron chi connectivity index (χ4n) is 4.48. The number of anilines is 1. The van der Waals surface area contributed by atoms with E-state index in [1.807, 2.05) is 18.3 Å². The van der Waals surface area contributed by atoms with Crippen LogP contribution in [0.3, 0.4) is 0 Å². The molecule has 1 aromatic carbocycles. The molecule has 29 heavy (non-hydrogen) atoms. The minimum atomic E-state index is 0.100. The number of hydrogen-bond acceptors (Lipinski definition) is 7. The van der Waals surface area contributed by atoms with Gasteiger partial charge in [-0.2, -0.15) is 0 Å². The molecule has 2 aromatic heterocycles. The molecule has 3 aromatic rings. The first kappa shape index (κ1) is 18.7. The smallest absolute Gasteiger partial charge is 0.147 e. The van der Waals surface area contributed by atoms with Crippen molar-refractivity contribution in [2.24, 2.45) is 11.1 Å². The fourth-order valence-corrected chi connectivity index (χ4v) is 4.78. The zero-order valence-corrected chi connectivity index (χ0v) is 17.0. The van der Waals surface area contributed by atoms with Crippen LogP contribution in [0.15, 0.2) is 36.9 Å². The van der Waals surface area contributed by atoms with Gasteiger partial charge in [0.05, 0.1) is 41.3 Å². The van der Waals surface area contributed by atoms with E-state index in [-0.39, 0.29) is 17.6 Å². The van der Waals surface area contributed by atoms with Crippen LogP contribution in [-0.2, 0) is 4.74 Å². The van der Waals surface area contributed by atoms with Crippen molar-refractivity contribution in [2.45, 2.75) is 31.9 Å². The number of nitrogens with two attached hydrogens (primary N) is 1. The monoisotopic (exact) mass is 410 g/mol. The Bertz CT molecular complexity index is 1040. The van der Waals surface area contributed by atoms with Crippen molar-refractivity contribution in [3.05, 3.63) is 41.9 Å². The molecule has 0 aliphatic carbocycles. The topological polar surface area (TPSA) is 90.0 Å². The van der Waals surface area contributed by atoms with Gasteiger partial charge < -0.3 is 15.4 Å². The van der Waals surface area contributed by atoms with Gasteiger partial charge in [0.2, 0.25) is 0 Å². The number of aromatic nitrogens is 4. The summed E-state index contributed by atoms with van der Waals surface area (Å²) in [6.45, 7) is 4.64. The van der Waals surface area contributed by atoms with E-state index in [2.05, 4.69) is 31.8 Å². The molecule has 2 aliphatic heterocycles. The average Bonchev–Trinajstić information content (AvgIpc) is 3.04. The zero-order valence-electron chi connectivity index (χ0n) is 16.3. The van der Waals surface area contributed by atoms with Crippen molar-refractivity contribution in [3.63, 3.8) is 0 Å². The van der Waals surface area contributed by atoms with Crippen LogP contribution in [0, 0.1) is 5.41 Å². The lowest BCUT2D eigenvalue weighted by molar-refractivity contribution is 0.0974. The maximum absolute atomic E-state index is 6.55. The molecular weight excluding hydrogens is 388 g/mol. The van der Waals surface area contributed by atoms with E-state index in [0.717, 1.165) is 55.1 Å². The summed E-state index contributed by atoms with van der Waals surface area (Å²) < 4.78 is 5.81. The molecule has 0 radical (unpaired) electrons. The standard InChI is InChI=1S/C21H23ClN6O/c1-13-20(23)21(12-29-13)4-8-28(9-5-21)17-11-26-16(10-27-17)14-2-3-15-19(18(14)22)25-7-6-24-15/h2-3,6-7,10-11,13,20H,4-5,8-9,12,23H2,1H3/t13-,20+/m0/s1. The van der Waals surface area contributed by atoms with Gasteiger partial charge in [0, 0.05) is 42.5 Å². The Balaban J connectivity index is 1.35. The van der Waals surface area contributed by atoms with Crippen molar-refractivity contribution >= 4 is 28.5 Å². The number of piperidine rings is 1. The van der Waals surface area contributed by atoms with Crippen molar-refractivity contribution in [3.8, 4) is 11.3 Å². The number of halogens is 1. The second-order valence-electron chi connectivity index (χ2n) is 8.00. The number of ether oxygens (including phenoxy) is 1. The molecule has 5 rings (SSSR count). The number of nitrogens with zero attached hydrogens (tertiary/aromatic N) is 5. The average molecular weight is 411 g/mol. The van der Waals surface area contributed by atoms with Crippen LogP contribution in [0.1, 0.15) is 19.8 Å². The Hall–Kier alpha value is -2.35. The summed E-state index contributed by atoms with van der Waals surface area (Å²) in [6.07, 6.45) is 9.04. The number of rotatable bonds is 2. The summed E-state index contributed by atoms with van der Waals surface area (Å²) in [7, 11) is 0. The Morgan fingerprint density at radius 2 is 1.90 bits per heavy atom. The largest absolute Gasteiger partial charge is 0.376 e. The van der Waals surface area contributed by atoms with Crippen LogP contribution < -0.4 is 10.6 Å². The van der Waals surface area contributed by atoms with Crippen LogP contribution in [-0.4, -0.2) is 51.8 Å². The van der Waals surface area contributed by atoms with E-state index in [1.165, 1.54) is 0 Å². The second-order valence-corrected chi connectivity index (χ2v) is 8.38. The Morgan fingerprint density at radius 1 is 1.10 bits per heavy atom. The van der Waals surface area contributed by atoms with E-state index in [1.54, 1.807) is 18.6 Å². The van der Waals surface area contributed by atoms with Gasteiger partial charge in [0.25, 0.3) is 0 Å². The van der Waals surface area contributed by atoms with Crippen LogP contribution in [0.5, 0.6) is 0 Å². The summed E-state index contributed by atoms with van der Waals surface area (Å²) in [4.78, 5) is 20.2. The quantitative estimate of drug-likeness (QED) is 0.694. The fraction of sp³-hybridized carbons (Fsp3) is 0.429. The molecule has 2 N–H and O–H groups in total. The third kappa shape index (κ3) is 3.13.